The molecule has 0 spiro atoms. The summed E-state index contributed by atoms with van der Waals surface area (Å²) in [5, 5.41) is 7.51. The minimum Gasteiger partial charge on any atom is -0.374 e. The van der Waals surface area contributed by atoms with Crippen LogP contribution in [0.4, 0.5) is 30.7 Å². The third kappa shape index (κ3) is 5.97. The van der Waals surface area contributed by atoms with Gasteiger partial charge in [-0.05, 0) is 42.3 Å². The number of aryl methyl sites for hydroxylation is 1. The largest absolute Gasteiger partial charge is 0.435 e. The first kappa shape index (κ1) is 30.2. The molecule has 2 aromatic carbocycles. The van der Waals surface area contributed by atoms with Crippen molar-refractivity contribution in [1.29, 1.82) is 0 Å². The number of oxime groups is 1. The molecule has 1 saturated heterocycles. The molecule has 0 saturated carbocycles. The summed E-state index contributed by atoms with van der Waals surface area (Å²) in [7, 11) is 0. The van der Waals surface area contributed by atoms with Gasteiger partial charge in [-0.1, -0.05) is 36.7 Å². The Morgan fingerprint density at radius 1 is 1.15 bits per heavy atom. The molecule has 14 heteroatoms. The highest BCUT2D eigenvalue weighted by molar-refractivity contribution is 6.30. The summed E-state index contributed by atoms with van der Waals surface area (Å²) in [4.78, 5) is 28.5. The summed E-state index contributed by atoms with van der Waals surface area (Å²) in [6, 6.07) is 3.72. The predicted molar refractivity (Wildman–Crippen MR) is 128 cm³/mol. The molecule has 0 aromatic heterocycles. The Labute approximate surface area is 223 Å². The summed E-state index contributed by atoms with van der Waals surface area (Å²) < 4.78 is 97.1. The maximum Gasteiger partial charge on any atom is 0.435 e. The summed E-state index contributed by atoms with van der Waals surface area (Å²) in [6.45, 7) is 5.77. The molecule has 2 N–H and O–H groups in total. The van der Waals surface area contributed by atoms with Crippen molar-refractivity contribution in [1.82, 2.24) is 10.6 Å². The lowest BCUT2D eigenvalue weighted by Gasteiger charge is -2.30. The normalized spacial score (nSPS) is 20.9. The molecule has 2 atom stereocenters. The van der Waals surface area contributed by atoms with Gasteiger partial charge in [0, 0.05) is 24.1 Å². The fourth-order valence-corrected chi connectivity index (χ4v) is 4.37. The number of halogens is 8. The molecule has 2 aliphatic heterocycles. The molecule has 2 aliphatic rings. The van der Waals surface area contributed by atoms with Gasteiger partial charge in [0.2, 0.25) is 5.91 Å². The zero-order valence-corrected chi connectivity index (χ0v) is 21.5. The number of rotatable bonds is 4. The van der Waals surface area contributed by atoms with Crippen LogP contribution in [0.25, 0.3) is 0 Å². The van der Waals surface area contributed by atoms with Gasteiger partial charge in [0.15, 0.2) is 0 Å². The molecule has 212 valence electrons. The van der Waals surface area contributed by atoms with E-state index < -0.39 is 58.3 Å². The van der Waals surface area contributed by atoms with Crippen molar-refractivity contribution >= 4 is 29.1 Å². The lowest BCUT2D eigenvalue weighted by atomic mass is 9.85. The van der Waals surface area contributed by atoms with Crippen LogP contribution in [0.5, 0.6) is 0 Å². The van der Waals surface area contributed by atoms with E-state index in [-0.39, 0.29) is 47.8 Å². The van der Waals surface area contributed by atoms with Gasteiger partial charge < -0.3 is 15.5 Å². The smallest absolute Gasteiger partial charge is 0.374 e. The highest BCUT2D eigenvalue weighted by Crippen LogP contribution is 2.51. The molecule has 2 heterocycles. The van der Waals surface area contributed by atoms with Crippen molar-refractivity contribution in [2.75, 3.05) is 6.54 Å². The molecule has 0 unspecified atom stereocenters. The van der Waals surface area contributed by atoms with Crippen LogP contribution < -0.4 is 10.6 Å². The summed E-state index contributed by atoms with van der Waals surface area (Å²) in [6.07, 6.45) is -11.5. The van der Waals surface area contributed by atoms with Crippen molar-refractivity contribution < 1.29 is 45.2 Å². The molecular formula is C25H23ClF7N3O3. The SMILES string of the molecule is CC.Cc1cc(C2=NO[C@](c3cc(C(F)(F)F)cc(Cl)c3F)(C(F)(F)F)C2)ccc1C(=O)N[C@H]1CNC(=O)C1. The quantitative estimate of drug-likeness (QED) is 0.433. The minimum atomic E-state index is -5.38. The zero-order chi connectivity index (χ0) is 29.3. The van der Waals surface area contributed by atoms with Gasteiger partial charge in [0.25, 0.3) is 11.5 Å². The molecule has 6 nitrogen and oxygen atoms in total. The van der Waals surface area contributed by atoms with E-state index in [4.69, 9.17) is 11.6 Å². The van der Waals surface area contributed by atoms with Gasteiger partial charge >= 0.3 is 12.4 Å². The van der Waals surface area contributed by atoms with E-state index in [1.165, 1.54) is 25.1 Å². The van der Waals surface area contributed by atoms with Crippen LogP contribution in [-0.2, 0) is 21.4 Å². The van der Waals surface area contributed by atoms with Crippen LogP contribution >= 0.6 is 11.6 Å². The highest BCUT2D eigenvalue weighted by atomic mass is 35.5. The summed E-state index contributed by atoms with van der Waals surface area (Å²) >= 11 is 5.51. The van der Waals surface area contributed by atoms with E-state index in [0.717, 1.165) is 0 Å². The molecule has 39 heavy (non-hydrogen) atoms. The van der Waals surface area contributed by atoms with Crippen LogP contribution in [0.2, 0.25) is 5.02 Å². The van der Waals surface area contributed by atoms with Gasteiger partial charge in [0.05, 0.1) is 28.8 Å². The lowest BCUT2D eigenvalue weighted by molar-refractivity contribution is -0.276. The Hall–Kier alpha value is -3.35. The van der Waals surface area contributed by atoms with Gasteiger partial charge in [-0.2, -0.15) is 26.3 Å². The van der Waals surface area contributed by atoms with E-state index in [1.54, 1.807) is 0 Å². The first-order valence-corrected chi connectivity index (χ1v) is 12.1. The molecule has 0 radical (unpaired) electrons. The Bertz CT molecular complexity index is 1310. The average molecular weight is 582 g/mol. The second-order valence-electron chi connectivity index (χ2n) is 8.66. The van der Waals surface area contributed by atoms with E-state index in [9.17, 15) is 40.3 Å². The fraction of sp³-hybridized carbons (Fsp3) is 0.400. The molecule has 2 amide bonds. The number of hydrogen-bond donors (Lipinski definition) is 2. The van der Waals surface area contributed by atoms with Crippen LogP contribution in [0, 0.1) is 12.7 Å². The van der Waals surface area contributed by atoms with Gasteiger partial charge in [-0.15, -0.1) is 0 Å². The van der Waals surface area contributed by atoms with E-state index in [0.29, 0.717) is 5.56 Å². The molecule has 1 fully saturated rings. The summed E-state index contributed by atoms with van der Waals surface area (Å²) in [5.41, 5.74) is -6.33. The topological polar surface area (TPSA) is 79.8 Å². The monoisotopic (exact) mass is 581 g/mol. The third-order valence-corrected chi connectivity index (χ3v) is 6.37. The first-order chi connectivity index (χ1) is 18.1. The Morgan fingerprint density at radius 3 is 2.36 bits per heavy atom. The van der Waals surface area contributed by atoms with Crippen molar-refractivity contribution in [3.05, 3.63) is 69.0 Å². The number of benzene rings is 2. The molecule has 2 aromatic rings. The van der Waals surface area contributed by atoms with E-state index >= 15 is 0 Å². The van der Waals surface area contributed by atoms with E-state index in [2.05, 4.69) is 20.6 Å². The highest BCUT2D eigenvalue weighted by Gasteiger charge is 2.64. The lowest BCUT2D eigenvalue weighted by Crippen LogP contribution is -2.43. The van der Waals surface area contributed by atoms with Crippen molar-refractivity contribution in [3.8, 4) is 0 Å². The number of carbonyl (C=O) groups is 2. The number of alkyl halides is 6. The fourth-order valence-electron chi connectivity index (χ4n) is 4.15. The molecular weight excluding hydrogens is 559 g/mol. The number of nitrogens with one attached hydrogen (secondary N) is 2. The number of amides is 2. The summed E-state index contributed by atoms with van der Waals surface area (Å²) in [5.74, 6) is -2.45. The zero-order valence-electron chi connectivity index (χ0n) is 20.8. The van der Waals surface area contributed by atoms with Crippen molar-refractivity contribution in [2.45, 2.75) is 57.6 Å². The van der Waals surface area contributed by atoms with E-state index in [1.807, 2.05) is 13.8 Å². The maximum atomic E-state index is 14.7. The number of carbonyl (C=O) groups excluding carboxylic acids is 2. The molecule has 0 aliphatic carbocycles. The van der Waals surface area contributed by atoms with Crippen LogP contribution in [-0.4, -0.2) is 36.3 Å². The van der Waals surface area contributed by atoms with Crippen LogP contribution in [0.15, 0.2) is 35.5 Å². The standard InChI is InChI=1S/C23H17ClF7N3O3.C2H6/c1-10-4-11(2-3-14(10)20(36)33-13-7-18(35)32-9-13)17-8-21(37-34-17,23(29,30)31)15-5-12(22(26,27)28)6-16(24)19(15)25;1-2/h2-6,13H,7-9H2,1H3,(H,32,35)(H,33,36);1-2H3/t13-,21-;/m1./s1. The third-order valence-electron chi connectivity index (χ3n) is 6.09. The van der Waals surface area contributed by atoms with Gasteiger partial charge in [-0.25, -0.2) is 4.39 Å². The Balaban J connectivity index is 0.00000205. The Kier molecular flexibility index (Phi) is 8.54. The van der Waals surface area contributed by atoms with Gasteiger partial charge in [-0.3, -0.25) is 9.59 Å². The van der Waals surface area contributed by atoms with Crippen LogP contribution in [0.3, 0.4) is 0 Å². The van der Waals surface area contributed by atoms with Crippen LogP contribution in [0.1, 0.15) is 59.3 Å². The molecule has 0 bridgehead atoms. The average Bonchev–Trinajstić information content (AvgIpc) is 3.48. The second-order valence-corrected chi connectivity index (χ2v) is 9.06. The maximum absolute atomic E-state index is 14.7. The van der Waals surface area contributed by atoms with Gasteiger partial charge in [0.1, 0.15) is 5.82 Å². The number of hydrogen-bond acceptors (Lipinski definition) is 4. The molecule has 4 rings (SSSR count). The predicted octanol–water partition coefficient (Wildman–Crippen LogP) is 6.03. The second kappa shape index (κ2) is 11.0. The first-order valence-electron chi connectivity index (χ1n) is 11.7. The number of nitrogens with zero attached hydrogens (tertiary/aromatic N) is 1. The minimum absolute atomic E-state index is 0.00840. The Morgan fingerprint density at radius 2 is 1.82 bits per heavy atom. The van der Waals surface area contributed by atoms with Crippen molar-refractivity contribution in [3.63, 3.8) is 0 Å². The van der Waals surface area contributed by atoms with Crippen molar-refractivity contribution in [2.24, 2.45) is 5.16 Å².